The molecular formula is C11H19N7. The molecule has 0 spiro atoms. The molecule has 0 aliphatic carbocycles. The lowest BCUT2D eigenvalue weighted by atomic mass is 10.3. The highest BCUT2D eigenvalue weighted by Gasteiger charge is 2.29. The molecule has 0 bridgehead atoms. The maximum absolute atomic E-state index is 7.91. The molecule has 0 atom stereocenters. The zero-order valence-corrected chi connectivity index (χ0v) is 11.4. The van der Waals surface area contributed by atoms with Crippen LogP contribution in [0.5, 0.6) is 0 Å². The van der Waals surface area contributed by atoms with Gasteiger partial charge in [-0.05, 0) is 0 Å². The summed E-state index contributed by atoms with van der Waals surface area (Å²) in [4.78, 5) is 13.4. The minimum atomic E-state index is 0.184. The monoisotopic (exact) mass is 249 g/mol. The lowest BCUT2D eigenvalue weighted by Gasteiger charge is -2.10. The predicted octanol–water partition coefficient (Wildman–Crippen LogP) is 0.278. The molecule has 98 valence electrons. The van der Waals surface area contributed by atoms with Gasteiger partial charge in [-0.2, -0.15) is 0 Å². The Morgan fingerprint density at radius 3 is 1.50 bits per heavy atom. The molecule has 1 heterocycles. The lowest BCUT2D eigenvalue weighted by molar-refractivity contribution is 0.641. The first-order valence-electron chi connectivity index (χ1n) is 5.41. The van der Waals surface area contributed by atoms with Crippen LogP contribution in [-0.2, 0) is 0 Å². The Morgan fingerprint density at radius 1 is 0.889 bits per heavy atom. The van der Waals surface area contributed by atoms with Crippen LogP contribution in [0.3, 0.4) is 0 Å². The quantitative estimate of drug-likeness (QED) is 0.554. The number of amidine groups is 2. The average molecular weight is 249 g/mol. The van der Waals surface area contributed by atoms with E-state index in [2.05, 4.69) is 9.98 Å². The minimum absolute atomic E-state index is 0.184. The van der Waals surface area contributed by atoms with Crippen molar-refractivity contribution in [3.63, 3.8) is 0 Å². The molecule has 0 saturated heterocycles. The van der Waals surface area contributed by atoms with Crippen LogP contribution < -0.4 is 0 Å². The Bertz CT molecular complexity index is 402. The van der Waals surface area contributed by atoms with Crippen LogP contribution in [0, 0.1) is 10.8 Å². The maximum Gasteiger partial charge on any atom is 0.155 e. The van der Waals surface area contributed by atoms with Gasteiger partial charge in [0.2, 0.25) is 0 Å². The summed E-state index contributed by atoms with van der Waals surface area (Å²) in [5.74, 6) is 0.369. The number of nitrogens with one attached hydrogen (secondary N) is 2. The molecule has 0 aromatic heterocycles. The van der Waals surface area contributed by atoms with E-state index in [0.717, 1.165) is 0 Å². The zero-order chi connectivity index (χ0) is 13.9. The Kier molecular flexibility index (Phi) is 4.19. The van der Waals surface area contributed by atoms with Gasteiger partial charge < -0.3 is 14.7 Å². The SMILES string of the molecule is CN(C)C=NC1=C(N=CN(C)C)C(=N)N(C)C1=N. The van der Waals surface area contributed by atoms with E-state index in [1.807, 2.05) is 28.2 Å². The summed E-state index contributed by atoms with van der Waals surface area (Å²) in [6.45, 7) is 0. The van der Waals surface area contributed by atoms with Crippen molar-refractivity contribution >= 4 is 24.3 Å². The Labute approximate surface area is 107 Å². The molecular weight excluding hydrogens is 230 g/mol. The Balaban J connectivity index is 3.15. The van der Waals surface area contributed by atoms with Crippen LogP contribution >= 0.6 is 0 Å². The van der Waals surface area contributed by atoms with E-state index in [4.69, 9.17) is 10.8 Å². The second kappa shape index (κ2) is 5.44. The van der Waals surface area contributed by atoms with Gasteiger partial charge in [-0.25, -0.2) is 9.98 Å². The molecule has 1 aliphatic rings. The van der Waals surface area contributed by atoms with Gasteiger partial charge >= 0.3 is 0 Å². The highest BCUT2D eigenvalue weighted by atomic mass is 15.3. The molecule has 0 radical (unpaired) electrons. The summed E-state index contributed by atoms with van der Waals surface area (Å²) >= 11 is 0. The zero-order valence-electron chi connectivity index (χ0n) is 11.4. The molecule has 2 N–H and O–H groups in total. The van der Waals surface area contributed by atoms with Gasteiger partial charge in [0.15, 0.2) is 11.7 Å². The first-order valence-corrected chi connectivity index (χ1v) is 5.41. The molecule has 1 rings (SSSR count). The second-order valence-electron chi connectivity index (χ2n) is 4.37. The number of hydrogen-bond acceptors (Lipinski definition) is 4. The third-order valence-electron chi connectivity index (χ3n) is 2.18. The molecule has 1 aliphatic heterocycles. The summed E-state index contributed by atoms with van der Waals surface area (Å²) in [6, 6.07) is 0. The summed E-state index contributed by atoms with van der Waals surface area (Å²) in [5, 5.41) is 15.8. The van der Waals surface area contributed by atoms with Crippen molar-refractivity contribution in [3.05, 3.63) is 11.4 Å². The summed E-state index contributed by atoms with van der Waals surface area (Å²) in [5.41, 5.74) is 0.823. The van der Waals surface area contributed by atoms with Crippen molar-refractivity contribution in [2.75, 3.05) is 35.2 Å². The van der Waals surface area contributed by atoms with Crippen LogP contribution in [0.4, 0.5) is 0 Å². The standard InChI is InChI=1S/C11H19N7/c1-16(2)6-14-8-9(15-7-17(3)4)11(13)18(5)10(8)12/h6-7,12-13H,1-5H3. The summed E-state index contributed by atoms with van der Waals surface area (Å²) < 4.78 is 0. The smallest absolute Gasteiger partial charge is 0.155 e. The van der Waals surface area contributed by atoms with Crippen molar-refractivity contribution in [2.45, 2.75) is 0 Å². The molecule has 0 saturated carbocycles. The van der Waals surface area contributed by atoms with Crippen molar-refractivity contribution < 1.29 is 0 Å². The number of rotatable bonds is 4. The van der Waals surface area contributed by atoms with Gasteiger partial charge in [0.05, 0.1) is 12.7 Å². The van der Waals surface area contributed by atoms with E-state index in [9.17, 15) is 0 Å². The van der Waals surface area contributed by atoms with Gasteiger partial charge in [-0.1, -0.05) is 0 Å². The molecule has 0 aromatic rings. The normalized spacial score (nSPS) is 16.6. The Morgan fingerprint density at radius 2 is 1.22 bits per heavy atom. The van der Waals surface area contributed by atoms with Crippen molar-refractivity contribution in [3.8, 4) is 0 Å². The molecule has 0 aromatic carbocycles. The Hall–Kier alpha value is -2.18. The lowest BCUT2D eigenvalue weighted by Crippen LogP contribution is -2.26. The van der Waals surface area contributed by atoms with Crippen LogP contribution in [0.1, 0.15) is 0 Å². The van der Waals surface area contributed by atoms with E-state index in [1.165, 1.54) is 4.90 Å². The first-order chi connectivity index (χ1) is 8.34. The van der Waals surface area contributed by atoms with Crippen molar-refractivity contribution in [1.82, 2.24) is 14.7 Å². The van der Waals surface area contributed by atoms with E-state index in [0.29, 0.717) is 11.4 Å². The predicted molar refractivity (Wildman–Crippen MR) is 74.6 cm³/mol. The topological polar surface area (TPSA) is 82.1 Å². The molecule has 7 heteroatoms. The summed E-state index contributed by atoms with van der Waals surface area (Å²) in [6.07, 6.45) is 3.20. The third kappa shape index (κ3) is 2.93. The fourth-order valence-electron chi connectivity index (χ4n) is 1.24. The minimum Gasteiger partial charge on any atom is -0.369 e. The highest BCUT2D eigenvalue weighted by molar-refractivity contribution is 6.21. The van der Waals surface area contributed by atoms with E-state index < -0.39 is 0 Å². The molecule has 7 nitrogen and oxygen atoms in total. The largest absolute Gasteiger partial charge is 0.369 e. The summed E-state index contributed by atoms with van der Waals surface area (Å²) in [7, 11) is 9.05. The maximum atomic E-state index is 7.91. The van der Waals surface area contributed by atoms with Crippen LogP contribution in [0.2, 0.25) is 0 Å². The molecule has 18 heavy (non-hydrogen) atoms. The first kappa shape index (κ1) is 13.9. The average Bonchev–Trinajstić information content (AvgIpc) is 2.48. The number of likely N-dealkylation sites (N-methyl/N-ethyl adjacent to an activating group) is 1. The fraction of sp³-hybridized carbons (Fsp3) is 0.455. The van der Waals surface area contributed by atoms with Gasteiger partial charge in [-0.15, -0.1) is 0 Å². The van der Waals surface area contributed by atoms with E-state index in [1.54, 1.807) is 29.5 Å². The number of hydrogen-bond donors (Lipinski definition) is 2. The molecule has 0 amide bonds. The van der Waals surface area contributed by atoms with Gasteiger partial charge in [-0.3, -0.25) is 10.8 Å². The van der Waals surface area contributed by atoms with Gasteiger partial charge in [0, 0.05) is 35.2 Å². The van der Waals surface area contributed by atoms with Crippen LogP contribution in [0.25, 0.3) is 0 Å². The van der Waals surface area contributed by atoms with E-state index >= 15 is 0 Å². The number of aliphatic imine (C=N–C) groups is 2. The second-order valence-corrected chi connectivity index (χ2v) is 4.37. The third-order valence-corrected chi connectivity index (χ3v) is 2.18. The molecule has 0 unspecified atom stereocenters. The fourth-order valence-corrected chi connectivity index (χ4v) is 1.24. The van der Waals surface area contributed by atoms with E-state index in [-0.39, 0.29) is 11.7 Å². The van der Waals surface area contributed by atoms with Crippen molar-refractivity contribution in [1.29, 1.82) is 10.8 Å². The highest BCUT2D eigenvalue weighted by Crippen LogP contribution is 2.21. The van der Waals surface area contributed by atoms with Crippen LogP contribution in [-0.4, -0.2) is 74.3 Å². The van der Waals surface area contributed by atoms with Gasteiger partial charge in [0.1, 0.15) is 11.4 Å². The van der Waals surface area contributed by atoms with Gasteiger partial charge in [0.25, 0.3) is 0 Å². The van der Waals surface area contributed by atoms with Crippen LogP contribution in [0.15, 0.2) is 21.4 Å². The number of nitrogens with zero attached hydrogens (tertiary/aromatic N) is 5. The van der Waals surface area contributed by atoms with Crippen molar-refractivity contribution in [2.24, 2.45) is 9.98 Å². The molecule has 0 fully saturated rings.